The van der Waals surface area contributed by atoms with Crippen molar-refractivity contribution in [2.75, 3.05) is 13.7 Å². The Morgan fingerprint density at radius 3 is 2.37 bits per heavy atom. The lowest BCUT2D eigenvalue weighted by Gasteiger charge is -2.35. The monoisotopic (exact) mass is 511 g/mol. The number of aliphatic hydroxyl groups is 1. The maximum Gasteiger partial charge on any atom is 0.408 e. The van der Waals surface area contributed by atoms with Crippen LogP contribution in [0.2, 0.25) is 5.02 Å². The Kier molecular flexibility index (Phi) is 9.05. The van der Waals surface area contributed by atoms with Gasteiger partial charge in [-0.1, -0.05) is 32.4 Å². The summed E-state index contributed by atoms with van der Waals surface area (Å²) >= 11 is 6.36. The molecule has 0 aliphatic carbocycles. The number of hydrogen-bond acceptors (Lipinski definition) is 6. The molecule has 0 spiro atoms. The van der Waals surface area contributed by atoms with Crippen molar-refractivity contribution in [2.24, 2.45) is 5.41 Å². The number of β-amino-alcohol motifs (C(OH)–C–C–N with tert-alkyl or cyclic N) is 1. The van der Waals surface area contributed by atoms with Gasteiger partial charge in [0, 0.05) is 30.1 Å². The van der Waals surface area contributed by atoms with Crippen molar-refractivity contribution >= 4 is 29.5 Å². The van der Waals surface area contributed by atoms with E-state index in [-0.39, 0.29) is 19.5 Å². The lowest BCUT2D eigenvalue weighted by Crippen LogP contribution is -2.58. The molecule has 1 aliphatic heterocycles. The Morgan fingerprint density at radius 1 is 1.20 bits per heavy atom. The summed E-state index contributed by atoms with van der Waals surface area (Å²) in [5.74, 6) is -0.353. The van der Waals surface area contributed by atoms with E-state index >= 15 is 0 Å². The van der Waals surface area contributed by atoms with Gasteiger partial charge in [-0.2, -0.15) is 0 Å². The quantitative estimate of drug-likeness (QED) is 0.540. The highest BCUT2D eigenvalue weighted by Crippen LogP contribution is 2.29. The SMILES string of the molecule is COc1cc(C)cc(Cl)c1CNC(=O)[C@@H]1C[C@@H](O)CN1C(=O)[C@@H](NC(=O)OC(C)(C)C)C(C)(C)C. The van der Waals surface area contributed by atoms with Crippen molar-refractivity contribution in [3.63, 3.8) is 0 Å². The van der Waals surface area contributed by atoms with Gasteiger partial charge in [-0.3, -0.25) is 9.59 Å². The van der Waals surface area contributed by atoms with Crippen LogP contribution in [-0.4, -0.2) is 65.4 Å². The van der Waals surface area contributed by atoms with Gasteiger partial charge >= 0.3 is 6.09 Å². The molecule has 3 atom stereocenters. The molecule has 0 bridgehead atoms. The normalized spacial score (nSPS) is 19.2. The number of alkyl carbamates (subject to hydrolysis) is 1. The molecule has 3 amide bonds. The molecule has 35 heavy (non-hydrogen) atoms. The lowest BCUT2D eigenvalue weighted by molar-refractivity contribution is -0.142. The number of ether oxygens (including phenoxy) is 2. The molecular weight excluding hydrogens is 474 g/mol. The summed E-state index contributed by atoms with van der Waals surface area (Å²) in [5, 5.41) is 16.2. The summed E-state index contributed by atoms with van der Waals surface area (Å²) in [4.78, 5) is 40.4. The second-order valence-electron chi connectivity index (χ2n) is 11.0. The number of rotatable bonds is 6. The smallest absolute Gasteiger partial charge is 0.408 e. The van der Waals surface area contributed by atoms with Crippen LogP contribution in [0.3, 0.4) is 0 Å². The zero-order chi connectivity index (χ0) is 26.7. The number of halogens is 1. The van der Waals surface area contributed by atoms with Crippen molar-refractivity contribution in [1.29, 1.82) is 0 Å². The molecule has 1 fully saturated rings. The van der Waals surface area contributed by atoms with E-state index in [9.17, 15) is 19.5 Å². The first-order chi connectivity index (χ1) is 16.0. The third kappa shape index (κ3) is 7.73. The zero-order valence-electron chi connectivity index (χ0n) is 21.8. The summed E-state index contributed by atoms with van der Waals surface area (Å²) in [6.07, 6.45) is -1.51. The third-order valence-corrected chi connectivity index (χ3v) is 5.93. The van der Waals surface area contributed by atoms with Crippen LogP contribution in [0.15, 0.2) is 12.1 Å². The van der Waals surface area contributed by atoms with E-state index < -0.39 is 47.1 Å². The highest BCUT2D eigenvalue weighted by atomic mass is 35.5. The molecule has 1 aliphatic rings. The van der Waals surface area contributed by atoms with Gasteiger partial charge in [0.15, 0.2) is 0 Å². The molecule has 9 nitrogen and oxygen atoms in total. The predicted molar refractivity (Wildman–Crippen MR) is 133 cm³/mol. The largest absolute Gasteiger partial charge is 0.496 e. The second kappa shape index (κ2) is 11.0. The molecule has 1 saturated heterocycles. The average molecular weight is 512 g/mol. The highest BCUT2D eigenvalue weighted by Gasteiger charge is 2.44. The van der Waals surface area contributed by atoms with E-state index in [1.54, 1.807) is 47.6 Å². The van der Waals surface area contributed by atoms with Gasteiger partial charge in [0.2, 0.25) is 11.8 Å². The zero-order valence-corrected chi connectivity index (χ0v) is 22.6. The number of amides is 3. The van der Waals surface area contributed by atoms with Crippen LogP contribution in [0.4, 0.5) is 4.79 Å². The van der Waals surface area contributed by atoms with E-state index in [2.05, 4.69) is 10.6 Å². The summed E-state index contributed by atoms with van der Waals surface area (Å²) in [5.41, 5.74) is 0.123. The van der Waals surface area contributed by atoms with Crippen LogP contribution >= 0.6 is 11.6 Å². The van der Waals surface area contributed by atoms with E-state index in [1.807, 2.05) is 13.0 Å². The molecule has 0 unspecified atom stereocenters. The van der Waals surface area contributed by atoms with Gasteiger partial charge in [0.05, 0.1) is 13.2 Å². The average Bonchev–Trinajstić information content (AvgIpc) is 3.09. The fourth-order valence-corrected chi connectivity index (χ4v) is 4.27. The van der Waals surface area contributed by atoms with E-state index in [4.69, 9.17) is 21.1 Å². The molecule has 2 rings (SSSR count). The Balaban J connectivity index is 2.20. The molecule has 1 aromatic carbocycles. The standard InChI is InChI=1S/C25H38ClN3O6/c1-14-9-17(26)16(19(10-14)34-8)12-27-21(31)18-11-15(30)13-29(18)22(32)20(24(2,3)4)28-23(33)35-25(5,6)7/h9-10,15,18,20,30H,11-13H2,1-8H3,(H,27,31)(H,28,33)/t15-,18+,20-/m1/s1. The number of methoxy groups -OCH3 is 1. The maximum absolute atomic E-state index is 13.5. The molecule has 1 aromatic rings. The van der Waals surface area contributed by atoms with Crippen molar-refractivity contribution in [2.45, 2.75) is 85.2 Å². The number of likely N-dealkylation sites (tertiary alicyclic amines) is 1. The fourth-order valence-electron chi connectivity index (χ4n) is 3.93. The minimum absolute atomic E-state index is 0.0197. The van der Waals surface area contributed by atoms with Crippen LogP contribution in [0.1, 0.15) is 59.1 Å². The van der Waals surface area contributed by atoms with Crippen molar-refractivity contribution < 1.29 is 29.0 Å². The number of benzene rings is 1. The molecule has 0 saturated carbocycles. The summed E-state index contributed by atoms with van der Waals surface area (Å²) in [7, 11) is 1.52. The molecule has 1 heterocycles. The van der Waals surface area contributed by atoms with Gasteiger partial charge in [0.1, 0.15) is 23.4 Å². The maximum atomic E-state index is 13.5. The second-order valence-corrected chi connectivity index (χ2v) is 11.4. The van der Waals surface area contributed by atoms with Crippen LogP contribution in [-0.2, 0) is 20.9 Å². The third-order valence-electron chi connectivity index (χ3n) is 5.60. The van der Waals surface area contributed by atoms with E-state index in [0.29, 0.717) is 16.3 Å². The number of aliphatic hydroxyl groups excluding tert-OH is 1. The van der Waals surface area contributed by atoms with Crippen LogP contribution in [0.5, 0.6) is 5.75 Å². The molecular formula is C25H38ClN3O6. The van der Waals surface area contributed by atoms with Gasteiger partial charge < -0.3 is 30.1 Å². The predicted octanol–water partition coefficient (Wildman–Crippen LogP) is 3.17. The Bertz CT molecular complexity index is 954. The highest BCUT2D eigenvalue weighted by molar-refractivity contribution is 6.31. The summed E-state index contributed by atoms with van der Waals surface area (Å²) in [6.45, 7) is 12.6. The molecule has 10 heteroatoms. The first-order valence-corrected chi connectivity index (χ1v) is 12.0. The lowest BCUT2D eigenvalue weighted by atomic mass is 9.85. The number of nitrogens with one attached hydrogen (secondary N) is 2. The molecule has 3 N–H and O–H groups in total. The Hall–Kier alpha value is -2.52. The summed E-state index contributed by atoms with van der Waals surface area (Å²) < 4.78 is 10.7. The van der Waals surface area contributed by atoms with E-state index in [0.717, 1.165) is 5.56 Å². The minimum atomic E-state index is -0.968. The van der Waals surface area contributed by atoms with Gasteiger partial charge in [-0.15, -0.1) is 0 Å². The molecule has 0 radical (unpaired) electrons. The molecule has 196 valence electrons. The van der Waals surface area contributed by atoms with Gasteiger partial charge in [0.25, 0.3) is 0 Å². The van der Waals surface area contributed by atoms with Crippen LogP contribution in [0.25, 0.3) is 0 Å². The first kappa shape index (κ1) is 28.7. The van der Waals surface area contributed by atoms with Crippen LogP contribution in [0, 0.1) is 12.3 Å². The van der Waals surface area contributed by atoms with Crippen molar-refractivity contribution in [1.82, 2.24) is 15.5 Å². The Labute approximate surface area is 212 Å². The van der Waals surface area contributed by atoms with Gasteiger partial charge in [-0.05, 0) is 50.8 Å². The van der Waals surface area contributed by atoms with Crippen LogP contribution < -0.4 is 15.4 Å². The first-order valence-electron chi connectivity index (χ1n) is 11.6. The minimum Gasteiger partial charge on any atom is -0.496 e. The molecule has 0 aromatic heterocycles. The number of carbonyl (C=O) groups excluding carboxylic acids is 3. The van der Waals surface area contributed by atoms with Crippen molar-refractivity contribution in [3.8, 4) is 5.75 Å². The number of hydrogen-bond donors (Lipinski definition) is 3. The fraction of sp³-hybridized carbons (Fsp3) is 0.640. The topological polar surface area (TPSA) is 117 Å². The van der Waals surface area contributed by atoms with E-state index in [1.165, 1.54) is 12.0 Å². The Morgan fingerprint density at radius 2 is 1.83 bits per heavy atom. The van der Waals surface area contributed by atoms with Crippen molar-refractivity contribution in [3.05, 3.63) is 28.3 Å². The van der Waals surface area contributed by atoms with Gasteiger partial charge in [-0.25, -0.2) is 4.79 Å². The summed E-state index contributed by atoms with van der Waals surface area (Å²) in [6, 6.07) is 1.72. The number of nitrogens with zero attached hydrogens (tertiary/aromatic N) is 1. The number of carbonyl (C=O) groups is 3. The number of aryl methyl sites for hydroxylation is 1.